The number of alkyl halides is 1. The summed E-state index contributed by atoms with van der Waals surface area (Å²) in [7, 11) is 0. The minimum absolute atomic E-state index is 0.375. The van der Waals surface area contributed by atoms with Gasteiger partial charge in [0.25, 0.3) is 0 Å². The summed E-state index contributed by atoms with van der Waals surface area (Å²) >= 11 is 3.26. The van der Waals surface area contributed by atoms with Crippen LogP contribution in [-0.4, -0.2) is 16.3 Å². The second-order valence-corrected chi connectivity index (χ2v) is 4.42. The van der Waals surface area contributed by atoms with Gasteiger partial charge in [0.2, 0.25) is 5.91 Å². The van der Waals surface area contributed by atoms with E-state index in [0.717, 1.165) is 0 Å². The number of amides is 3. The number of carbonyl (C=O) groups excluding carboxylic acids is 2. The van der Waals surface area contributed by atoms with Crippen LogP contribution in [0, 0.1) is 0 Å². The van der Waals surface area contributed by atoms with Gasteiger partial charge in [-0.15, -0.1) is 6.58 Å². The van der Waals surface area contributed by atoms with Gasteiger partial charge in [0.15, 0.2) is 0 Å². The van der Waals surface area contributed by atoms with Crippen molar-refractivity contribution in [2.24, 2.45) is 5.73 Å². The number of hydrogen-bond acceptors (Lipinski definition) is 2. The van der Waals surface area contributed by atoms with Crippen molar-refractivity contribution in [2.45, 2.75) is 37.9 Å². The highest BCUT2D eigenvalue weighted by atomic mass is 79.9. The number of primary amides is 1. The minimum Gasteiger partial charge on any atom is -0.351 e. The van der Waals surface area contributed by atoms with Crippen LogP contribution in [0.5, 0.6) is 0 Å². The summed E-state index contributed by atoms with van der Waals surface area (Å²) in [5.41, 5.74) is 4.81. The SMILES string of the molecule is C=CC.CCC(Br)(CC)C(=O)NC(N)=O. The van der Waals surface area contributed by atoms with Gasteiger partial charge in [-0.2, -0.15) is 0 Å². The van der Waals surface area contributed by atoms with E-state index >= 15 is 0 Å². The van der Waals surface area contributed by atoms with Crippen molar-refractivity contribution in [1.82, 2.24) is 5.32 Å². The zero-order valence-electron chi connectivity index (χ0n) is 9.47. The molecular weight excluding hydrogens is 260 g/mol. The molecule has 5 heteroatoms. The molecule has 0 aliphatic carbocycles. The first-order valence-corrected chi connectivity index (χ1v) is 5.54. The van der Waals surface area contributed by atoms with Crippen LogP contribution in [0.2, 0.25) is 0 Å². The molecule has 0 saturated carbocycles. The fourth-order valence-electron chi connectivity index (χ4n) is 0.795. The third-order valence-electron chi connectivity index (χ3n) is 1.76. The molecule has 4 nitrogen and oxygen atoms in total. The Morgan fingerprint density at radius 3 is 2.00 bits per heavy atom. The topological polar surface area (TPSA) is 72.2 Å². The predicted molar refractivity (Wildman–Crippen MR) is 65.8 cm³/mol. The highest BCUT2D eigenvalue weighted by Crippen LogP contribution is 2.26. The Bertz CT molecular complexity index is 225. The summed E-state index contributed by atoms with van der Waals surface area (Å²) in [5.74, 6) is -0.375. The van der Waals surface area contributed by atoms with Crippen LogP contribution >= 0.6 is 15.9 Å². The van der Waals surface area contributed by atoms with E-state index in [1.54, 1.807) is 6.08 Å². The van der Waals surface area contributed by atoms with Crippen molar-refractivity contribution in [3.63, 3.8) is 0 Å². The monoisotopic (exact) mass is 278 g/mol. The zero-order valence-corrected chi connectivity index (χ0v) is 11.1. The molecule has 0 aliphatic heterocycles. The van der Waals surface area contributed by atoms with Gasteiger partial charge >= 0.3 is 6.03 Å². The standard InChI is InChI=1S/C7H13BrN2O2.C3H6/c1-3-7(8,4-2)5(11)10-6(9)12;1-3-2/h3-4H2,1-2H3,(H3,9,10,11,12);3H,1H2,2H3. The van der Waals surface area contributed by atoms with Gasteiger partial charge in [0.1, 0.15) is 4.32 Å². The molecule has 0 atom stereocenters. The highest BCUT2D eigenvalue weighted by molar-refractivity contribution is 9.10. The smallest absolute Gasteiger partial charge is 0.318 e. The molecule has 3 N–H and O–H groups in total. The largest absolute Gasteiger partial charge is 0.351 e. The van der Waals surface area contributed by atoms with Gasteiger partial charge in [-0.1, -0.05) is 35.9 Å². The van der Waals surface area contributed by atoms with Gasteiger partial charge in [-0.3, -0.25) is 10.1 Å². The van der Waals surface area contributed by atoms with Crippen molar-refractivity contribution in [2.75, 3.05) is 0 Å². The van der Waals surface area contributed by atoms with Crippen molar-refractivity contribution in [3.05, 3.63) is 12.7 Å². The van der Waals surface area contributed by atoms with E-state index < -0.39 is 10.4 Å². The molecule has 0 fully saturated rings. The summed E-state index contributed by atoms with van der Waals surface area (Å²) < 4.78 is -0.665. The number of nitrogens with one attached hydrogen (secondary N) is 1. The van der Waals surface area contributed by atoms with E-state index in [1.165, 1.54) is 0 Å². The van der Waals surface area contributed by atoms with Crippen LogP contribution in [0.1, 0.15) is 33.6 Å². The first kappa shape index (κ1) is 16.6. The number of halogens is 1. The summed E-state index contributed by atoms with van der Waals surface area (Å²) in [5, 5.41) is 2.04. The summed E-state index contributed by atoms with van der Waals surface area (Å²) in [6, 6.07) is -0.814. The lowest BCUT2D eigenvalue weighted by atomic mass is 10.0. The zero-order chi connectivity index (χ0) is 12.5. The molecule has 0 unspecified atom stereocenters. The molecule has 0 spiro atoms. The number of imide groups is 1. The highest BCUT2D eigenvalue weighted by Gasteiger charge is 2.32. The third-order valence-corrected chi connectivity index (χ3v) is 3.25. The minimum atomic E-state index is -0.814. The molecule has 88 valence electrons. The number of carbonyl (C=O) groups is 2. The van der Waals surface area contributed by atoms with E-state index in [-0.39, 0.29) is 5.91 Å². The van der Waals surface area contributed by atoms with Gasteiger partial charge in [0, 0.05) is 0 Å². The van der Waals surface area contributed by atoms with Crippen LogP contribution in [0.15, 0.2) is 12.7 Å². The third kappa shape index (κ3) is 7.13. The second kappa shape index (κ2) is 8.47. The fraction of sp³-hybridized carbons (Fsp3) is 0.600. The Kier molecular flexibility index (Phi) is 9.36. The summed E-state index contributed by atoms with van der Waals surface area (Å²) in [6.07, 6.45) is 2.98. The Labute approximate surface area is 99.4 Å². The predicted octanol–water partition coefficient (Wildman–Crippen LogP) is 2.33. The Morgan fingerprint density at radius 2 is 1.80 bits per heavy atom. The average Bonchev–Trinajstić information content (AvgIpc) is 2.16. The molecule has 0 rings (SSSR count). The first-order chi connectivity index (χ1) is 6.87. The molecule has 0 heterocycles. The molecule has 0 aromatic heterocycles. The van der Waals surface area contributed by atoms with Gasteiger partial charge in [-0.25, -0.2) is 4.79 Å². The number of urea groups is 1. The van der Waals surface area contributed by atoms with Gasteiger partial charge < -0.3 is 5.73 Å². The van der Waals surface area contributed by atoms with Crippen molar-refractivity contribution >= 4 is 27.9 Å². The van der Waals surface area contributed by atoms with Crippen molar-refractivity contribution in [1.29, 1.82) is 0 Å². The van der Waals surface area contributed by atoms with E-state index in [4.69, 9.17) is 5.73 Å². The Balaban J connectivity index is 0. The van der Waals surface area contributed by atoms with E-state index in [0.29, 0.717) is 12.8 Å². The van der Waals surface area contributed by atoms with Crippen molar-refractivity contribution < 1.29 is 9.59 Å². The molecule has 15 heavy (non-hydrogen) atoms. The molecule has 0 saturated heterocycles. The molecule has 0 radical (unpaired) electrons. The van der Waals surface area contributed by atoms with Crippen LogP contribution in [0.3, 0.4) is 0 Å². The van der Waals surface area contributed by atoms with Crippen LogP contribution in [0.4, 0.5) is 4.79 Å². The molecular formula is C10H19BrN2O2. The quantitative estimate of drug-likeness (QED) is 0.614. The van der Waals surface area contributed by atoms with Crippen LogP contribution in [-0.2, 0) is 4.79 Å². The fourth-order valence-corrected chi connectivity index (χ4v) is 0.894. The number of allylic oxidation sites excluding steroid dienone is 1. The van der Waals surface area contributed by atoms with E-state index in [2.05, 4.69) is 22.5 Å². The van der Waals surface area contributed by atoms with Crippen LogP contribution < -0.4 is 11.1 Å². The second-order valence-electron chi connectivity index (χ2n) is 2.90. The van der Waals surface area contributed by atoms with E-state index in [1.807, 2.05) is 26.1 Å². The molecule has 3 amide bonds. The lowest BCUT2D eigenvalue weighted by Crippen LogP contribution is -2.46. The summed E-state index contributed by atoms with van der Waals surface area (Å²) in [4.78, 5) is 21.6. The van der Waals surface area contributed by atoms with E-state index in [9.17, 15) is 9.59 Å². The maximum absolute atomic E-state index is 11.3. The van der Waals surface area contributed by atoms with Gasteiger partial charge in [0.05, 0.1) is 0 Å². The molecule has 0 bridgehead atoms. The summed E-state index contributed by atoms with van der Waals surface area (Å²) in [6.45, 7) is 8.97. The maximum atomic E-state index is 11.3. The Morgan fingerprint density at radius 1 is 1.47 bits per heavy atom. The normalized spacial score (nSPS) is 9.60. The first-order valence-electron chi connectivity index (χ1n) is 4.74. The van der Waals surface area contributed by atoms with Crippen LogP contribution in [0.25, 0.3) is 0 Å². The van der Waals surface area contributed by atoms with Gasteiger partial charge in [-0.05, 0) is 19.8 Å². The lowest BCUT2D eigenvalue weighted by molar-refractivity contribution is -0.122. The maximum Gasteiger partial charge on any atom is 0.318 e. The average molecular weight is 279 g/mol. The number of rotatable bonds is 3. The molecule has 0 aliphatic rings. The van der Waals surface area contributed by atoms with Crippen molar-refractivity contribution in [3.8, 4) is 0 Å². The number of hydrogen-bond donors (Lipinski definition) is 2. The molecule has 0 aromatic rings. The molecule has 0 aromatic carbocycles. The number of nitrogens with two attached hydrogens (primary N) is 1. The Hall–Kier alpha value is -0.840. The lowest BCUT2D eigenvalue weighted by Gasteiger charge is -2.21.